The number of alkyl halides is 3. The topological polar surface area (TPSA) is 85.0 Å². The smallest absolute Gasteiger partial charge is 0.422 e. The van der Waals surface area contributed by atoms with Gasteiger partial charge in [-0.3, -0.25) is 4.79 Å². The van der Waals surface area contributed by atoms with Gasteiger partial charge in [-0.15, -0.1) is 0 Å². The monoisotopic (exact) mass is 430 g/mol. The van der Waals surface area contributed by atoms with E-state index in [0.29, 0.717) is 13.2 Å². The molecule has 1 aromatic heterocycles. The fourth-order valence-electron chi connectivity index (χ4n) is 3.45. The van der Waals surface area contributed by atoms with Crippen LogP contribution in [0.15, 0.2) is 22.7 Å². The number of fused-ring (bicyclic) bond motifs is 1. The first-order valence-electron chi connectivity index (χ1n) is 9.72. The molecular weight excluding hydrogens is 405 g/mol. The van der Waals surface area contributed by atoms with Crippen molar-refractivity contribution in [3.05, 3.63) is 18.2 Å². The largest absolute Gasteiger partial charge is 0.483 e. The highest BCUT2D eigenvalue weighted by Crippen LogP contribution is 2.35. The highest BCUT2D eigenvalue weighted by molar-refractivity contribution is 5.88. The molecule has 1 aliphatic rings. The molecule has 30 heavy (non-hydrogen) atoms. The molecule has 2 aromatic rings. The van der Waals surface area contributed by atoms with Gasteiger partial charge in [-0.05, 0) is 63.0 Å². The van der Waals surface area contributed by atoms with Gasteiger partial charge in [0.15, 0.2) is 12.2 Å². The maximum Gasteiger partial charge on any atom is 0.422 e. The van der Waals surface area contributed by atoms with E-state index in [0.717, 1.165) is 25.9 Å². The van der Waals surface area contributed by atoms with Crippen molar-refractivity contribution in [3.63, 3.8) is 0 Å². The standard InChI is InChI=1S/C20H25F3N2O5/c1-19(2,18(26)27)11-25-8-6-13(7-9-25)10-28-17-16-14(29-12-20(21,22)23)4-3-5-15(16)30-24-17/h3-5,13H,6-12H2,1-2H3,(H,26,27). The van der Waals surface area contributed by atoms with Crippen molar-refractivity contribution in [2.45, 2.75) is 32.9 Å². The van der Waals surface area contributed by atoms with Crippen LogP contribution in [0.5, 0.6) is 11.6 Å². The number of hydrogen-bond acceptors (Lipinski definition) is 6. The van der Waals surface area contributed by atoms with Crippen LogP contribution >= 0.6 is 0 Å². The number of ether oxygens (including phenoxy) is 2. The lowest BCUT2D eigenvalue weighted by atomic mass is 9.90. The molecule has 0 saturated carbocycles. The molecule has 1 N–H and O–H groups in total. The Morgan fingerprint density at radius 1 is 1.27 bits per heavy atom. The van der Waals surface area contributed by atoms with Crippen molar-refractivity contribution in [2.75, 3.05) is 32.8 Å². The van der Waals surface area contributed by atoms with Crippen LogP contribution in [0, 0.1) is 11.3 Å². The lowest BCUT2D eigenvalue weighted by molar-refractivity contribution is -0.153. The number of aliphatic carboxylic acids is 1. The zero-order valence-corrected chi connectivity index (χ0v) is 16.9. The third-order valence-electron chi connectivity index (χ3n) is 5.18. The number of hydrogen-bond donors (Lipinski definition) is 1. The number of nitrogens with zero attached hydrogens (tertiary/aromatic N) is 2. The van der Waals surface area contributed by atoms with Crippen LogP contribution < -0.4 is 9.47 Å². The van der Waals surface area contributed by atoms with E-state index in [1.54, 1.807) is 19.9 Å². The second-order valence-corrected chi connectivity index (χ2v) is 8.24. The van der Waals surface area contributed by atoms with Crippen LogP contribution in [0.4, 0.5) is 13.2 Å². The fraction of sp³-hybridized carbons (Fsp3) is 0.600. The number of rotatable bonds is 8. The van der Waals surface area contributed by atoms with Crippen molar-refractivity contribution < 1.29 is 37.1 Å². The highest BCUT2D eigenvalue weighted by Gasteiger charge is 2.32. The third kappa shape index (κ3) is 5.56. The Kier molecular flexibility index (Phi) is 6.44. The van der Waals surface area contributed by atoms with E-state index in [1.807, 2.05) is 0 Å². The van der Waals surface area contributed by atoms with E-state index in [4.69, 9.17) is 14.0 Å². The van der Waals surface area contributed by atoms with E-state index < -0.39 is 24.2 Å². The zero-order chi connectivity index (χ0) is 21.9. The van der Waals surface area contributed by atoms with Gasteiger partial charge >= 0.3 is 12.1 Å². The lowest BCUT2D eigenvalue weighted by Gasteiger charge is -2.35. The van der Waals surface area contributed by atoms with E-state index in [2.05, 4.69) is 10.1 Å². The molecule has 0 spiro atoms. The van der Waals surface area contributed by atoms with Crippen molar-refractivity contribution in [1.82, 2.24) is 10.1 Å². The molecule has 7 nitrogen and oxygen atoms in total. The number of benzene rings is 1. The molecular formula is C20H25F3N2O5. The number of carbonyl (C=O) groups is 1. The number of likely N-dealkylation sites (tertiary alicyclic amines) is 1. The zero-order valence-electron chi connectivity index (χ0n) is 16.9. The van der Waals surface area contributed by atoms with Gasteiger partial charge in [0.25, 0.3) is 5.88 Å². The average molecular weight is 430 g/mol. The summed E-state index contributed by atoms with van der Waals surface area (Å²) in [7, 11) is 0. The molecule has 166 valence electrons. The summed E-state index contributed by atoms with van der Waals surface area (Å²) in [5.41, 5.74) is -0.522. The van der Waals surface area contributed by atoms with Gasteiger partial charge in [-0.2, -0.15) is 13.2 Å². The van der Waals surface area contributed by atoms with Gasteiger partial charge in [0.2, 0.25) is 0 Å². The van der Waals surface area contributed by atoms with E-state index >= 15 is 0 Å². The van der Waals surface area contributed by atoms with Gasteiger partial charge in [0.1, 0.15) is 11.1 Å². The number of halogens is 3. The average Bonchev–Trinajstić information content (AvgIpc) is 3.08. The van der Waals surface area contributed by atoms with E-state index in [9.17, 15) is 23.1 Å². The molecule has 1 aliphatic heterocycles. The molecule has 3 rings (SSSR count). The molecule has 10 heteroatoms. The molecule has 2 heterocycles. The Morgan fingerprint density at radius 3 is 2.60 bits per heavy atom. The van der Waals surface area contributed by atoms with Crippen LogP contribution in [-0.4, -0.2) is 60.2 Å². The summed E-state index contributed by atoms with van der Waals surface area (Å²) in [6.07, 6.45) is -2.81. The molecule has 0 aliphatic carbocycles. The number of carboxylic acids is 1. The quantitative estimate of drug-likeness (QED) is 0.678. The summed E-state index contributed by atoms with van der Waals surface area (Å²) in [5, 5.41) is 13.4. The predicted molar refractivity (Wildman–Crippen MR) is 102 cm³/mol. The summed E-state index contributed by atoms with van der Waals surface area (Å²) in [6.45, 7) is 4.32. The van der Waals surface area contributed by atoms with Crippen LogP contribution in [0.1, 0.15) is 26.7 Å². The number of carboxylic acid groups (broad SMARTS) is 1. The lowest BCUT2D eigenvalue weighted by Crippen LogP contribution is -2.43. The maximum absolute atomic E-state index is 12.5. The minimum absolute atomic E-state index is 0.00629. The molecule has 0 radical (unpaired) electrons. The third-order valence-corrected chi connectivity index (χ3v) is 5.18. The second kappa shape index (κ2) is 8.71. The minimum Gasteiger partial charge on any atom is -0.483 e. The van der Waals surface area contributed by atoms with Crippen LogP contribution in [-0.2, 0) is 4.79 Å². The molecule has 0 unspecified atom stereocenters. The van der Waals surface area contributed by atoms with Crippen molar-refractivity contribution >= 4 is 16.9 Å². The van der Waals surface area contributed by atoms with Crippen LogP contribution in [0.25, 0.3) is 11.0 Å². The number of piperidine rings is 1. The van der Waals surface area contributed by atoms with Crippen molar-refractivity contribution in [2.24, 2.45) is 11.3 Å². The predicted octanol–water partition coefficient (Wildman–Crippen LogP) is 3.97. The highest BCUT2D eigenvalue weighted by atomic mass is 19.4. The van der Waals surface area contributed by atoms with Crippen molar-refractivity contribution in [3.8, 4) is 11.6 Å². The Morgan fingerprint density at radius 2 is 1.97 bits per heavy atom. The van der Waals surface area contributed by atoms with E-state index in [1.165, 1.54) is 12.1 Å². The summed E-state index contributed by atoms with van der Waals surface area (Å²) in [6, 6.07) is 4.52. The first kappa shape index (κ1) is 22.2. The summed E-state index contributed by atoms with van der Waals surface area (Å²) >= 11 is 0. The molecule has 0 atom stereocenters. The van der Waals surface area contributed by atoms with Gasteiger partial charge in [-0.1, -0.05) is 6.07 Å². The second-order valence-electron chi connectivity index (χ2n) is 8.24. The first-order valence-corrected chi connectivity index (χ1v) is 9.72. The SMILES string of the molecule is CC(C)(CN1CCC(COc2noc3cccc(OCC(F)(F)F)c23)CC1)C(=O)O. The van der Waals surface area contributed by atoms with Gasteiger partial charge in [0, 0.05) is 6.54 Å². The van der Waals surface area contributed by atoms with Crippen molar-refractivity contribution in [1.29, 1.82) is 0 Å². The minimum atomic E-state index is -4.45. The summed E-state index contributed by atoms with van der Waals surface area (Å²) in [4.78, 5) is 13.4. The Bertz CT molecular complexity index is 873. The van der Waals surface area contributed by atoms with Gasteiger partial charge in [0.05, 0.1) is 12.0 Å². The van der Waals surface area contributed by atoms with E-state index in [-0.39, 0.29) is 28.5 Å². The van der Waals surface area contributed by atoms with Crippen LogP contribution in [0.2, 0.25) is 0 Å². The summed E-state index contributed by atoms with van der Waals surface area (Å²) in [5.74, 6) is -0.484. The Labute approximate surface area is 171 Å². The fourth-order valence-corrected chi connectivity index (χ4v) is 3.45. The van der Waals surface area contributed by atoms with Gasteiger partial charge < -0.3 is 24.0 Å². The number of aromatic nitrogens is 1. The molecule has 1 saturated heterocycles. The maximum atomic E-state index is 12.5. The molecule has 0 bridgehead atoms. The normalized spacial score (nSPS) is 16.7. The summed E-state index contributed by atoms with van der Waals surface area (Å²) < 4.78 is 53.3. The van der Waals surface area contributed by atoms with Gasteiger partial charge in [-0.25, -0.2) is 0 Å². The first-order chi connectivity index (χ1) is 14.0. The molecule has 0 amide bonds. The molecule has 1 fully saturated rings. The Balaban J connectivity index is 1.57. The molecule has 1 aromatic carbocycles. The Hall–Kier alpha value is -2.49. The van der Waals surface area contributed by atoms with Crippen LogP contribution in [0.3, 0.4) is 0 Å².